The van der Waals surface area contributed by atoms with E-state index in [1.54, 1.807) is 0 Å². The van der Waals surface area contributed by atoms with E-state index < -0.39 is 27.0 Å². The quantitative estimate of drug-likeness (QED) is 0.0222. The third kappa shape index (κ3) is 30.1. The molecule has 0 aromatic heterocycles. The molecule has 0 atom stereocenters. The van der Waals surface area contributed by atoms with Gasteiger partial charge in [-0.1, -0.05) is 154 Å². The van der Waals surface area contributed by atoms with E-state index >= 15 is 0 Å². The van der Waals surface area contributed by atoms with Crippen LogP contribution in [0.1, 0.15) is 214 Å². The zero-order valence-corrected chi connectivity index (χ0v) is 38.0. The van der Waals surface area contributed by atoms with E-state index in [-0.39, 0.29) is 75.7 Å². The summed E-state index contributed by atoms with van der Waals surface area (Å²) in [6.07, 6.45) is 42.4. The van der Waals surface area contributed by atoms with Crippen LogP contribution < -0.4 is 51.4 Å². The predicted molar refractivity (Wildman–Crippen MR) is 214 cm³/mol. The molecule has 0 N–H and O–H groups in total. The van der Waals surface area contributed by atoms with Gasteiger partial charge < -0.3 is 14.0 Å². The predicted octanol–water partition coefficient (Wildman–Crippen LogP) is 9.98. The summed E-state index contributed by atoms with van der Waals surface area (Å²) in [7, 11) is -4.82. The second-order valence-corrected chi connectivity index (χ2v) is 15.7. The number of hydrogen-bond acceptors (Lipinski definition) is 7. The van der Waals surface area contributed by atoms with Gasteiger partial charge in [-0.2, -0.15) is 0 Å². The van der Waals surface area contributed by atoms with E-state index in [0.29, 0.717) is 12.8 Å². The molecule has 0 radical (unpaired) electrons. The molecule has 0 aliphatic rings. The Kier molecular flexibility index (Phi) is 36.2. The smallest absolute Gasteiger partial charge is 0.744 e. The Bertz CT molecular complexity index is 1210. The molecule has 0 amide bonds. The molecule has 0 saturated carbocycles. The van der Waals surface area contributed by atoms with Gasteiger partial charge >= 0.3 is 63.3 Å². The zero-order valence-electron chi connectivity index (χ0n) is 34.0. The van der Waals surface area contributed by atoms with E-state index in [9.17, 15) is 22.6 Å². The number of esters is 2. The van der Waals surface area contributed by atoms with Gasteiger partial charge in [0.15, 0.2) is 0 Å². The molecule has 0 aliphatic heterocycles. The Hall–Kier alpha value is -0.814. The second kappa shape index (κ2) is 36.8. The summed E-state index contributed by atoms with van der Waals surface area (Å²) in [6, 6.07) is 3.09. The molecule has 1 aromatic rings. The van der Waals surface area contributed by atoms with E-state index in [2.05, 4.69) is 38.2 Å². The van der Waals surface area contributed by atoms with Crippen LogP contribution >= 0.6 is 0 Å². The van der Waals surface area contributed by atoms with Gasteiger partial charge in [0.25, 0.3) is 0 Å². The van der Waals surface area contributed by atoms with Crippen molar-refractivity contribution >= 4 is 22.1 Å². The Labute approximate surface area is 367 Å². The third-order valence-corrected chi connectivity index (χ3v) is 10.3. The summed E-state index contributed by atoms with van der Waals surface area (Å²) in [5, 5.41) is 0. The molecule has 0 bridgehead atoms. The van der Waals surface area contributed by atoms with Gasteiger partial charge in [-0.25, -0.2) is 18.0 Å². The summed E-state index contributed by atoms with van der Waals surface area (Å²) < 4.78 is 45.6. The minimum absolute atomic E-state index is 0. The summed E-state index contributed by atoms with van der Waals surface area (Å²) in [5.74, 6) is -1.59. The van der Waals surface area contributed by atoms with Crippen molar-refractivity contribution in [2.24, 2.45) is 0 Å². The number of carbonyl (C=O) groups excluding carboxylic acids is 2. The van der Waals surface area contributed by atoms with Crippen molar-refractivity contribution < 1.29 is 83.4 Å². The molecule has 53 heavy (non-hydrogen) atoms. The van der Waals surface area contributed by atoms with E-state index in [0.717, 1.165) is 56.7 Å². The Morgan fingerprint density at radius 2 is 0.830 bits per heavy atom. The largest absolute Gasteiger partial charge is 1.00 e. The first kappa shape index (κ1) is 52.2. The van der Waals surface area contributed by atoms with Crippen LogP contribution in [0.15, 0.2) is 47.4 Å². The summed E-state index contributed by atoms with van der Waals surface area (Å²) in [4.78, 5) is 25.1. The normalized spacial score (nSPS) is 11.7. The van der Waals surface area contributed by atoms with Crippen LogP contribution in [0.4, 0.5) is 0 Å². The molecule has 0 saturated heterocycles. The molecule has 0 aliphatic carbocycles. The Morgan fingerprint density at radius 1 is 0.509 bits per heavy atom. The van der Waals surface area contributed by atoms with Crippen molar-refractivity contribution in [3.05, 3.63) is 53.6 Å². The fraction of sp³-hybridized carbons (Fsp3) is 0.727. The fourth-order valence-corrected chi connectivity index (χ4v) is 6.71. The van der Waals surface area contributed by atoms with Crippen LogP contribution in [0.5, 0.6) is 0 Å². The second-order valence-electron chi connectivity index (χ2n) is 14.3. The third-order valence-electron chi connectivity index (χ3n) is 9.50. The van der Waals surface area contributed by atoms with Gasteiger partial charge in [-0.05, 0) is 82.4 Å². The van der Waals surface area contributed by atoms with Crippen LogP contribution in [-0.4, -0.2) is 38.1 Å². The number of rotatable bonds is 35. The zero-order chi connectivity index (χ0) is 38.0. The van der Waals surface area contributed by atoms with Crippen molar-refractivity contribution in [2.45, 2.75) is 199 Å². The van der Waals surface area contributed by atoms with Gasteiger partial charge in [0.05, 0.1) is 29.2 Å². The molecule has 0 unspecified atom stereocenters. The maximum Gasteiger partial charge on any atom is 1.00 e. The number of allylic oxidation sites excluding steroid dienone is 4. The molecule has 0 heterocycles. The minimum atomic E-state index is -4.82. The fourth-order valence-electron chi connectivity index (χ4n) is 6.21. The number of hydrogen-bond donors (Lipinski definition) is 0. The molecule has 0 fully saturated rings. The summed E-state index contributed by atoms with van der Waals surface area (Å²) in [6.45, 7) is 4.81. The minimum Gasteiger partial charge on any atom is -0.744 e. The molecular formula is C44H73KO7S. The average Bonchev–Trinajstić information content (AvgIpc) is 3.13. The van der Waals surface area contributed by atoms with Gasteiger partial charge in [-0.15, -0.1) is 0 Å². The van der Waals surface area contributed by atoms with Crippen LogP contribution in [0, 0.1) is 0 Å². The monoisotopic (exact) mass is 784 g/mol. The molecule has 7 nitrogen and oxygen atoms in total. The van der Waals surface area contributed by atoms with Gasteiger partial charge in [0, 0.05) is 0 Å². The summed E-state index contributed by atoms with van der Waals surface area (Å²) >= 11 is 0. The maximum atomic E-state index is 12.9. The van der Waals surface area contributed by atoms with Crippen LogP contribution in [0.3, 0.4) is 0 Å². The van der Waals surface area contributed by atoms with Crippen molar-refractivity contribution in [1.82, 2.24) is 0 Å². The molecule has 0 spiro atoms. The van der Waals surface area contributed by atoms with Gasteiger partial charge in [0.2, 0.25) is 0 Å². The van der Waals surface area contributed by atoms with E-state index in [1.807, 2.05) is 0 Å². The van der Waals surface area contributed by atoms with Gasteiger partial charge in [0.1, 0.15) is 10.1 Å². The first-order valence-electron chi connectivity index (χ1n) is 21.0. The molecule has 9 heteroatoms. The van der Waals surface area contributed by atoms with Crippen molar-refractivity contribution in [1.29, 1.82) is 0 Å². The Morgan fingerprint density at radius 3 is 1.19 bits per heavy atom. The van der Waals surface area contributed by atoms with Crippen molar-refractivity contribution in [3.8, 4) is 0 Å². The molecule has 1 aromatic carbocycles. The SMILES string of the molecule is CCCCCCCCCCCC/C=C/CCCCOC(=O)c1ccc(S(=O)(=O)[O-])cc1C(=O)OCCCC/C=C/CCCCCCCCCCCC.[K+]. The van der Waals surface area contributed by atoms with Crippen LogP contribution in [0.2, 0.25) is 0 Å². The number of ether oxygens (including phenoxy) is 2. The van der Waals surface area contributed by atoms with Crippen LogP contribution in [0.25, 0.3) is 0 Å². The van der Waals surface area contributed by atoms with E-state index in [4.69, 9.17) is 9.47 Å². The van der Waals surface area contributed by atoms with Crippen LogP contribution in [-0.2, 0) is 19.6 Å². The maximum absolute atomic E-state index is 12.9. The molecular weight excluding hydrogens is 712 g/mol. The standard InChI is InChI=1S/C44H74O7S.K/c1-3-5-7-9-11-13-15-17-19-21-23-25-27-29-31-33-37-50-43(45)41-36-35-40(52(47,48)49)39-42(41)44(46)51-38-34-32-30-28-26-24-22-20-18-16-14-12-10-8-6-4-2;/h25-28,35-36,39H,3-24,29-34,37-38H2,1-2H3,(H,47,48,49);/q;+1/p-1/b27-25+,28-26+;. The topological polar surface area (TPSA) is 110 Å². The number of unbranched alkanes of at least 4 members (excludes halogenated alkanes) is 24. The Balaban J connectivity index is 0.0000270. The van der Waals surface area contributed by atoms with Crippen molar-refractivity contribution in [2.75, 3.05) is 13.2 Å². The number of benzene rings is 1. The number of carbonyl (C=O) groups is 2. The first-order valence-corrected chi connectivity index (χ1v) is 22.5. The molecule has 298 valence electrons. The average molecular weight is 785 g/mol. The van der Waals surface area contributed by atoms with E-state index in [1.165, 1.54) is 128 Å². The van der Waals surface area contributed by atoms with Crippen molar-refractivity contribution in [3.63, 3.8) is 0 Å². The summed E-state index contributed by atoms with van der Waals surface area (Å²) in [5.41, 5.74) is -0.378. The van der Waals surface area contributed by atoms with Gasteiger partial charge in [-0.3, -0.25) is 0 Å². The first-order chi connectivity index (χ1) is 25.3. The molecule has 1 rings (SSSR count).